The molecule has 0 spiro atoms. The van der Waals surface area contributed by atoms with Gasteiger partial charge in [-0.05, 0) is 86.5 Å². The standard InChI is InChI=1S/C40H35N3Si/c1-28-13-7-8-16-33(28)38-37(30-14-5-4-6-15-30)40(32-23-24-36(43-27-32)35-18-10-12-26-42-35)44(2,3)39(38)31-21-19-29(20-22-31)34-17-9-11-25-41-34/h4-12,14-28H,13H2,1-3H3. The van der Waals surface area contributed by atoms with Gasteiger partial charge in [-0.2, -0.15) is 0 Å². The summed E-state index contributed by atoms with van der Waals surface area (Å²) in [5, 5.41) is 2.92. The Morgan fingerprint density at radius 3 is 1.82 bits per heavy atom. The first-order chi connectivity index (χ1) is 21.5. The van der Waals surface area contributed by atoms with E-state index < -0.39 is 8.07 Å². The minimum Gasteiger partial charge on any atom is -0.256 e. The monoisotopic (exact) mass is 585 g/mol. The third-order valence-electron chi connectivity index (χ3n) is 8.90. The average Bonchev–Trinajstić information content (AvgIpc) is 3.33. The van der Waals surface area contributed by atoms with Crippen molar-refractivity contribution < 1.29 is 0 Å². The van der Waals surface area contributed by atoms with Crippen LogP contribution in [0.4, 0.5) is 0 Å². The number of pyridine rings is 3. The fourth-order valence-electron chi connectivity index (χ4n) is 6.82. The molecule has 0 amide bonds. The van der Waals surface area contributed by atoms with Crippen LogP contribution in [0.5, 0.6) is 0 Å². The highest BCUT2D eigenvalue weighted by Crippen LogP contribution is 2.55. The molecule has 0 saturated carbocycles. The van der Waals surface area contributed by atoms with Crippen molar-refractivity contribution in [3.8, 4) is 22.6 Å². The summed E-state index contributed by atoms with van der Waals surface area (Å²) in [5.74, 6) is 0.422. The molecule has 0 saturated heterocycles. The fourth-order valence-corrected chi connectivity index (χ4v) is 10.6. The first kappa shape index (κ1) is 27.9. The highest BCUT2D eigenvalue weighted by molar-refractivity contribution is 7.11. The Labute approximate surface area is 261 Å². The summed E-state index contributed by atoms with van der Waals surface area (Å²) in [7, 11) is -2.27. The van der Waals surface area contributed by atoms with Gasteiger partial charge < -0.3 is 0 Å². The van der Waals surface area contributed by atoms with Gasteiger partial charge in [-0.25, -0.2) is 0 Å². The molecule has 5 aromatic rings. The van der Waals surface area contributed by atoms with Crippen LogP contribution in [-0.2, 0) is 0 Å². The van der Waals surface area contributed by atoms with Crippen molar-refractivity contribution in [1.82, 2.24) is 15.0 Å². The second-order valence-corrected chi connectivity index (χ2v) is 16.4. The lowest BCUT2D eigenvalue weighted by Gasteiger charge is -2.27. The summed E-state index contributed by atoms with van der Waals surface area (Å²) in [5.41, 5.74) is 11.8. The van der Waals surface area contributed by atoms with Gasteiger partial charge in [-0.3, -0.25) is 15.0 Å². The number of allylic oxidation sites excluding steroid dienone is 6. The van der Waals surface area contributed by atoms with E-state index in [4.69, 9.17) is 4.98 Å². The van der Waals surface area contributed by atoms with Gasteiger partial charge in [0.25, 0.3) is 0 Å². The molecule has 44 heavy (non-hydrogen) atoms. The quantitative estimate of drug-likeness (QED) is 0.186. The fraction of sp³-hybridized carbons (Fsp3) is 0.125. The van der Waals surface area contributed by atoms with Crippen molar-refractivity contribution in [2.75, 3.05) is 0 Å². The Hall–Kier alpha value is -4.93. The van der Waals surface area contributed by atoms with E-state index in [1.54, 1.807) is 0 Å². The Kier molecular flexibility index (Phi) is 7.37. The van der Waals surface area contributed by atoms with E-state index >= 15 is 0 Å². The molecular weight excluding hydrogens is 551 g/mol. The van der Waals surface area contributed by atoms with Gasteiger partial charge in [0.2, 0.25) is 0 Å². The van der Waals surface area contributed by atoms with E-state index in [1.807, 2.05) is 42.7 Å². The van der Waals surface area contributed by atoms with Gasteiger partial charge in [-0.1, -0.05) is 111 Å². The molecule has 0 bridgehead atoms. The van der Waals surface area contributed by atoms with Crippen LogP contribution >= 0.6 is 0 Å². The Morgan fingerprint density at radius 2 is 1.18 bits per heavy atom. The zero-order chi connectivity index (χ0) is 30.1. The van der Waals surface area contributed by atoms with Crippen molar-refractivity contribution in [3.63, 3.8) is 0 Å². The molecular formula is C40H35N3Si. The Balaban J connectivity index is 1.46. The van der Waals surface area contributed by atoms with Crippen LogP contribution in [0.3, 0.4) is 0 Å². The summed E-state index contributed by atoms with van der Waals surface area (Å²) >= 11 is 0. The van der Waals surface area contributed by atoms with Crippen LogP contribution in [-0.4, -0.2) is 23.0 Å². The van der Waals surface area contributed by atoms with E-state index in [-0.39, 0.29) is 0 Å². The third kappa shape index (κ3) is 5.01. The maximum atomic E-state index is 4.96. The van der Waals surface area contributed by atoms with Gasteiger partial charge in [-0.15, -0.1) is 0 Å². The van der Waals surface area contributed by atoms with E-state index in [0.29, 0.717) is 5.92 Å². The maximum absolute atomic E-state index is 4.96. The lowest BCUT2D eigenvalue weighted by Crippen LogP contribution is -2.28. The summed E-state index contributed by atoms with van der Waals surface area (Å²) in [6.45, 7) is 7.39. The predicted octanol–water partition coefficient (Wildman–Crippen LogP) is 9.89. The Bertz CT molecular complexity index is 1920. The summed E-state index contributed by atoms with van der Waals surface area (Å²) < 4.78 is 0. The number of hydrogen-bond donors (Lipinski definition) is 0. The highest BCUT2D eigenvalue weighted by Gasteiger charge is 2.44. The second kappa shape index (κ2) is 11.6. The number of rotatable bonds is 6. The molecule has 4 heteroatoms. The van der Waals surface area contributed by atoms with Crippen LogP contribution in [0.15, 0.2) is 151 Å². The van der Waals surface area contributed by atoms with Crippen molar-refractivity contribution in [2.45, 2.75) is 26.4 Å². The summed E-state index contributed by atoms with van der Waals surface area (Å²) in [6, 6.07) is 36.5. The summed E-state index contributed by atoms with van der Waals surface area (Å²) in [4.78, 5) is 14.1. The van der Waals surface area contributed by atoms with Gasteiger partial charge >= 0.3 is 0 Å². The predicted molar refractivity (Wildman–Crippen MR) is 186 cm³/mol. The largest absolute Gasteiger partial charge is 0.256 e. The van der Waals surface area contributed by atoms with E-state index in [2.05, 4.69) is 127 Å². The minimum absolute atomic E-state index is 0.422. The first-order valence-corrected chi connectivity index (χ1v) is 18.3. The van der Waals surface area contributed by atoms with Crippen molar-refractivity contribution in [3.05, 3.63) is 168 Å². The Morgan fingerprint density at radius 1 is 0.568 bits per heavy atom. The van der Waals surface area contributed by atoms with Crippen molar-refractivity contribution >= 4 is 24.0 Å². The molecule has 4 heterocycles. The second-order valence-electron chi connectivity index (χ2n) is 12.1. The molecule has 1 unspecified atom stereocenters. The van der Waals surface area contributed by atoms with Gasteiger partial charge in [0.1, 0.15) is 8.07 Å². The SMILES string of the molecule is CC1CC=CC=C1C1=C(c2ccc(-c3ccccn3)cc2)[Si](C)(C)C(c2ccc(-c3ccccn3)nc2)=C1c1ccccc1. The number of hydrogen-bond acceptors (Lipinski definition) is 3. The van der Waals surface area contributed by atoms with Crippen LogP contribution < -0.4 is 0 Å². The van der Waals surface area contributed by atoms with Gasteiger partial charge in [0.05, 0.1) is 17.1 Å². The number of benzene rings is 2. The molecule has 3 aromatic heterocycles. The average molecular weight is 586 g/mol. The van der Waals surface area contributed by atoms with Crippen LogP contribution in [0, 0.1) is 5.92 Å². The number of nitrogens with zero attached hydrogens (tertiary/aromatic N) is 3. The third-order valence-corrected chi connectivity index (χ3v) is 12.5. The minimum atomic E-state index is -2.27. The zero-order valence-corrected chi connectivity index (χ0v) is 26.4. The van der Waals surface area contributed by atoms with Crippen LogP contribution in [0.25, 0.3) is 38.6 Å². The van der Waals surface area contributed by atoms with Crippen LogP contribution in [0.2, 0.25) is 13.1 Å². The molecule has 0 N–H and O–H groups in total. The van der Waals surface area contributed by atoms with E-state index in [1.165, 1.54) is 43.8 Å². The summed E-state index contributed by atoms with van der Waals surface area (Å²) in [6.07, 6.45) is 13.7. The molecule has 2 aromatic carbocycles. The van der Waals surface area contributed by atoms with Crippen molar-refractivity contribution in [1.29, 1.82) is 0 Å². The van der Waals surface area contributed by atoms with Gasteiger partial charge in [0, 0.05) is 24.2 Å². The first-order valence-electron chi connectivity index (χ1n) is 15.3. The maximum Gasteiger partial charge on any atom is 0.115 e. The van der Waals surface area contributed by atoms with Crippen molar-refractivity contribution in [2.24, 2.45) is 5.92 Å². The molecule has 7 rings (SSSR count). The molecule has 1 aliphatic heterocycles. The molecule has 3 nitrogen and oxygen atoms in total. The molecule has 214 valence electrons. The lowest BCUT2D eigenvalue weighted by molar-refractivity contribution is 0.699. The molecule has 2 aliphatic rings. The molecule has 0 radical (unpaired) electrons. The van der Waals surface area contributed by atoms with E-state index in [9.17, 15) is 0 Å². The topological polar surface area (TPSA) is 38.7 Å². The normalized spacial score (nSPS) is 17.6. The lowest BCUT2D eigenvalue weighted by atomic mass is 9.81. The molecule has 1 aliphatic carbocycles. The number of aromatic nitrogens is 3. The zero-order valence-electron chi connectivity index (χ0n) is 25.4. The smallest absolute Gasteiger partial charge is 0.115 e. The molecule has 0 fully saturated rings. The van der Waals surface area contributed by atoms with Crippen LogP contribution in [0.1, 0.15) is 30.0 Å². The van der Waals surface area contributed by atoms with E-state index in [0.717, 1.165) is 29.1 Å². The van der Waals surface area contributed by atoms with Gasteiger partial charge in [0.15, 0.2) is 0 Å². The molecule has 1 atom stereocenters. The highest BCUT2D eigenvalue weighted by atomic mass is 28.3.